The molecule has 9 heteroatoms. The molecular formula is C18H32BrN3O3SSi. The number of nitrogens with zero attached hydrogens (tertiary/aromatic N) is 2. The van der Waals surface area contributed by atoms with Gasteiger partial charge in [0.2, 0.25) is 0 Å². The number of thioether (sulfide) groups is 1. The van der Waals surface area contributed by atoms with Gasteiger partial charge in [-0.15, -0.1) is 0 Å². The molecule has 0 radical (unpaired) electrons. The highest BCUT2D eigenvalue weighted by atomic mass is 79.9. The number of halogens is 1. The molecule has 1 amide bonds. The largest absolute Gasteiger partial charge is 0.443 e. The van der Waals surface area contributed by atoms with Crippen LogP contribution in [0.1, 0.15) is 34.1 Å². The van der Waals surface area contributed by atoms with Crippen LogP contribution in [-0.2, 0) is 9.47 Å². The van der Waals surface area contributed by atoms with E-state index in [1.165, 1.54) is 11.0 Å². The van der Waals surface area contributed by atoms with Crippen LogP contribution in [0.15, 0.2) is 12.2 Å². The third-order valence-corrected chi connectivity index (χ3v) is 7.42. The molecule has 0 rings (SSSR count). The minimum absolute atomic E-state index is 0.00133. The molecular weight excluding hydrogens is 446 g/mol. The number of nitrogens with one attached hydrogen (secondary N) is 1. The zero-order valence-electron chi connectivity index (χ0n) is 17.4. The Bertz CT molecular complexity index is 582. The van der Waals surface area contributed by atoms with Crippen LogP contribution >= 0.6 is 27.7 Å². The third kappa shape index (κ3) is 12.3. The van der Waals surface area contributed by atoms with Crippen LogP contribution in [0, 0.1) is 16.7 Å². The van der Waals surface area contributed by atoms with Crippen molar-refractivity contribution in [2.45, 2.75) is 69.1 Å². The molecule has 0 saturated heterocycles. The Labute approximate surface area is 177 Å². The molecule has 0 fully saturated rings. The van der Waals surface area contributed by atoms with E-state index in [1.54, 1.807) is 26.8 Å². The quantitative estimate of drug-likeness (QED) is 0.0908. The summed E-state index contributed by atoms with van der Waals surface area (Å²) in [7, 11) is -1.25. The van der Waals surface area contributed by atoms with E-state index in [-0.39, 0.29) is 11.9 Å². The van der Waals surface area contributed by atoms with Crippen LogP contribution in [0.4, 0.5) is 4.79 Å². The highest BCUT2D eigenvalue weighted by molar-refractivity contribution is 9.12. The van der Waals surface area contributed by atoms with Crippen LogP contribution in [0.5, 0.6) is 0 Å². The van der Waals surface area contributed by atoms with Gasteiger partial charge in [0.1, 0.15) is 12.3 Å². The maximum Gasteiger partial charge on any atom is 0.418 e. The summed E-state index contributed by atoms with van der Waals surface area (Å²) in [5.41, 5.74) is -0.671. The molecule has 6 nitrogen and oxygen atoms in total. The van der Waals surface area contributed by atoms with Crippen molar-refractivity contribution in [3.05, 3.63) is 12.2 Å². The summed E-state index contributed by atoms with van der Waals surface area (Å²) in [5.74, 6) is 0. The van der Waals surface area contributed by atoms with Gasteiger partial charge in [-0.1, -0.05) is 54.3 Å². The van der Waals surface area contributed by atoms with Crippen LogP contribution in [-0.4, -0.2) is 46.8 Å². The number of carbonyl (C=O) groups excluding carboxylic acids is 1. The Morgan fingerprint density at radius 1 is 1.37 bits per heavy atom. The number of allylic oxidation sites excluding steroid dienone is 1. The number of alkyl halides is 1. The Morgan fingerprint density at radius 3 is 2.41 bits per heavy atom. The molecule has 154 valence electrons. The second kappa shape index (κ2) is 11.2. The normalized spacial score (nSPS) is 14.5. The Balaban J connectivity index is 5.20. The fourth-order valence-corrected chi connectivity index (χ4v) is 3.84. The minimum atomic E-state index is -1.25. The molecule has 0 aromatic carbocycles. The summed E-state index contributed by atoms with van der Waals surface area (Å²) in [6.45, 7) is 14.5. The zero-order chi connectivity index (χ0) is 21.3. The number of carbonyl (C=O) groups is 1. The number of nitriles is 1. The second-order valence-electron chi connectivity index (χ2n) is 8.27. The molecule has 0 aromatic rings. The zero-order valence-corrected chi connectivity index (χ0v) is 20.8. The number of amides is 1. The number of rotatable bonds is 8. The van der Waals surface area contributed by atoms with E-state index in [2.05, 4.69) is 35.6 Å². The van der Waals surface area contributed by atoms with Crippen LogP contribution < -0.4 is 0 Å². The van der Waals surface area contributed by atoms with E-state index in [4.69, 9.17) is 20.1 Å². The van der Waals surface area contributed by atoms with E-state index >= 15 is 0 Å². The van der Waals surface area contributed by atoms with Gasteiger partial charge in [0, 0.05) is 20.8 Å². The smallest absolute Gasteiger partial charge is 0.418 e. The number of hydrogen-bond donors (Lipinski definition) is 1. The minimum Gasteiger partial charge on any atom is -0.443 e. The van der Waals surface area contributed by atoms with Gasteiger partial charge in [0.05, 0.1) is 9.73 Å². The van der Waals surface area contributed by atoms with Gasteiger partial charge in [0.15, 0.2) is 5.17 Å². The molecule has 0 heterocycles. The lowest BCUT2D eigenvalue weighted by atomic mass is 10.2. The lowest BCUT2D eigenvalue weighted by Crippen LogP contribution is -2.42. The second-order valence-corrected chi connectivity index (χ2v) is 17.1. The van der Waals surface area contributed by atoms with Crippen molar-refractivity contribution in [2.75, 3.05) is 13.3 Å². The fraction of sp³-hybridized carbons (Fsp3) is 0.722. The fourth-order valence-electron chi connectivity index (χ4n) is 1.65. The molecule has 0 bridgehead atoms. The molecule has 1 N–H and O–H groups in total. The van der Waals surface area contributed by atoms with E-state index in [1.807, 2.05) is 13.0 Å². The Hall–Kier alpha value is -0.823. The first-order chi connectivity index (χ1) is 12.2. The predicted molar refractivity (Wildman–Crippen MR) is 119 cm³/mol. The summed E-state index contributed by atoms with van der Waals surface area (Å²) < 4.78 is 10.4. The number of hydrogen-bond acceptors (Lipinski definition) is 6. The van der Waals surface area contributed by atoms with Crippen molar-refractivity contribution < 1.29 is 14.3 Å². The maximum absolute atomic E-state index is 12.6. The highest BCUT2D eigenvalue weighted by Gasteiger charge is 2.31. The summed E-state index contributed by atoms with van der Waals surface area (Å²) in [5, 5.41) is 17.2. The van der Waals surface area contributed by atoms with E-state index in [0.29, 0.717) is 13.0 Å². The van der Waals surface area contributed by atoms with Crippen molar-refractivity contribution in [1.29, 1.82) is 10.7 Å². The van der Waals surface area contributed by atoms with E-state index in [9.17, 15) is 4.79 Å². The van der Waals surface area contributed by atoms with Gasteiger partial charge in [0.25, 0.3) is 0 Å². The molecule has 0 aromatic heterocycles. The maximum atomic E-state index is 12.6. The predicted octanol–water partition coefficient (Wildman–Crippen LogP) is 5.78. The lowest BCUT2D eigenvalue weighted by Gasteiger charge is -2.30. The number of amidine groups is 1. The van der Waals surface area contributed by atoms with Crippen molar-refractivity contribution >= 4 is 47.0 Å². The van der Waals surface area contributed by atoms with Gasteiger partial charge in [-0.3, -0.25) is 5.41 Å². The average Bonchev–Trinajstić information content (AvgIpc) is 2.49. The summed E-state index contributed by atoms with van der Waals surface area (Å²) in [6, 6.07) is 2.92. The summed E-state index contributed by atoms with van der Waals surface area (Å²) in [6.07, 6.45) is 3.03. The highest BCUT2D eigenvalue weighted by Crippen LogP contribution is 2.38. The van der Waals surface area contributed by atoms with Crippen LogP contribution in [0.3, 0.4) is 0 Å². The number of ether oxygens (including phenoxy) is 2. The Morgan fingerprint density at radius 2 is 1.96 bits per heavy atom. The summed E-state index contributed by atoms with van der Waals surface area (Å²) >= 11 is 4.67. The first-order valence-electron chi connectivity index (χ1n) is 8.85. The molecule has 0 aliphatic carbocycles. The molecule has 1 atom stereocenters. The topological polar surface area (TPSA) is 86.4 Å². The molecule has 1 unspecified atom stereocenters. The van der Waals surface area contributed by atoms with Crippen molar-refractivity contribution in [3.8, 4) is 6.07 Å². The van der Waals surface area contributed by atoms with Gasteiger partial charge >= 0.3 is 6.09 Å². The molecule has 0 spiro atoms. The van der Waals surface area contributed by atoms with Gasteiger partial charge in [-0.05, 0) is 39.3 Å². The molecule has 27 heavy (non-hydrogen) atoms. The molecule has 0 aliphatic rings. The van der Waals surface area contributed by atoms with Crippen molar-refractivity contribution in [3.63, 3.8) is 0 Å². The first-order valence-corrected chi connectivity index (χ1v) is 14.2. The first kappa shape index (κ1) is 26.2. The van der Waals surface area contributed by atoms with Gasteiger partial charge < -0.3 is 9.47 Å². The molecule has 0 aliphatic heterocycles. The lowest BCUT2D eigenvalue weighted by molar-refractivity contribution is 0.0111. The SMILES string of the molecule is CCC(Br)(/C=C/C#N)SC(=N)N(COCC[Si](C)(C)C)C(=O)OC(C)(C)C. The van der Waals surface area contributed by atoms with Crippen molar-refractivity contribution in [2.24, 2.45) is 0 Å². The monoisotopic (exact) mass is 477 g/mol. The van der Waals surface area contributed by atoms with Crippen LogP contribution in [0.25, 0.3) is 0 Å². The average molecular weight is 479 g/mol. The standard InChI is InChI=1S/C18H32BrN3O3SSi/c1-8-18(19,10-9-11-20)26-15(21)22(16(23)25-17(2,3)4)14-24-12-13-27(5,6)7/h9-10,21H,8,12-14H2,1-7H3/b10-9+,21-15?. The van der Waals surface area contributed by atoms with Crippen molar-refractivity contribution in [1.82, 2.24) is 4.90 Å². The van der Waals surface area contributed by atoms with Crippen LogP contribution in [0.2, 0.25) is 25.7 Å². The Kier molecular flexibility index (Phi) is 10.9. The molecule has 0 saturated carbocycles. The summed E-state index contributed by atoms with van der Waals surface area (Å²) in [4.78, 5) is 13.8. The van der Waals surface area contributed by atoms with Gasteiger partial charge in [-0.2, -0.15) is 5.26 Å². The van der Waals surface area contributed by atoms with Gasteiger partial charge in [-0.25, -0.2) is 9.69 Å². The van der Waals surface area contributed by atoms with E-state index in [0.717, 1.165) is 17.8 Å². The third-order valence-electron chi connectivity index (χ3n) is 3.23. The van der Waals surface area contributed by atoms with E-state index < -0.39 is 23.4 Å².